The van der Waals surface area contributed by atoms with Crippen LogP contribution in [0.25, 0.3) is 0 Å². The standard InChI is InChI=1S/C16H14BrN3O5S/c1-24-14-7-2-10(8-13(14)17)18-16(26)19-15(21)9-25-12-5-3-11(4-6-12)20(22)23/h2-8H,9H2,1H3,(H2,18,19,21,26). The van der Waals surface area contributed by atoms with E-state index in [1.54, 1.807) is 25.3 Å². The first kappa shape index (κ1) is 19.6. The number of nitrogens with zero attached hydrogens (tertiary/aromatic N) is 1. The van der Waals surface area contributed by atoms with Gasteiger partial charge in [0.05, 0.1) is 16.5 Å². The molecule has 2 N–H and O–H groups in total. The smallest absolute Gasteiger partial charge is 0.269 e. The second-order valence-corrected chi connectivity index (χ2v) is 6.15. The number of carbonyl (C=O) groups excluding carboxylic acids is 1. The topological polar surface area (TPSA) is 103 Å². The third-order valence-corrected chi connectivity index (χ3v) is 3.90. The Hall–Kier alpha value is -2.72. The number of rotatable bonds is 6. The molecule has 0 atom stereocenters. The maximum atomic E-state index is 11.9. The number of thiocarbonyl (C=S) groups is 1. The van der Waals surface area contributed by atoms with Gasteiger partial charge in [0.15, 0.2) is 11.7 Å². The third-order valence-electron chi connectivity index (χ3n) is 3.08. The van der Waals surface area contributed by atoms with Crippen LogP contribution in [0.2, 0.25) is 0 Å². The van der Waals surface area contributed by atoms with Crippen LogP contribution in [-0.2, 0) is 4.79 Å². The average molecular weight is 440 g/mol. The molecule has 1 amide bonds. The molecule has 2 aromatic rings. The first-order valence-corrected chi connectivity index (χ1v) is 8.41. The second kappa shape index (κ2) is 9.11. The molecule has 0 aliphatic rings. The van der Waals surface area contributed by atoms with E-state index in [1.165, 1.54) is 24.3 Å². The molecule has 0 aliphatic carbocycles. The number of carbonyl (C=O) groups is 1. The average Bonchev–Trinajstić information content (AvgIpc) is 2.60. The van der Waals surface area contributed by atoms with Gasteiger partial charge in [0.1, 0.15) is 11.5 Å². The highest BCUT2D eigenvalue weighted by Crippen LogP contribution is 2.27. The summed E-state index contributed by atoms with van der Waals surface area (Å²) in [6.07, 6.45) is 0. The van der Waals surface area contributed by atoms with Crippen molar-refractivity contribution in [2.45, 2.75) is 0 Å². The highest BCUT2D eigenvalue weighted by Gasteiger charge is 2.09. The van der Waals surface area contributed by atoms with Crippen LogP contribution in [0, 0.1) is 10.1 Å². The molecule has 26 heavy (non-hydrogen) atoms. The van der Waals surface area contributed by atoms with E-state index in [9.17, 15) is 14.9 Å². The molecule has 0 heterocycles. The van der Waals surface area contributed by atoms with Gasteiger partial charge in [0.2, 0.25) is 0 Å². The van der Waals surface area contributed by atoms with E-state index < -0.39 is 10.8 Å². The predicted octanol–water partition coefficient (Wildman–Crippen LogP) is 3.26. The van der Waals surface area contributed by atoms with Crippen molar-refractivity contribution in [2.75, 3.05) is 19.0 Å². The van der Waals surface area contributed by atoms with Crippen molar-refractivity contribution >= 4 is 50.5 Å². The number of nitrogens with one attached hydrogen (secondary N) is 2. The van der Waals surface area contributed by atoms with Crippen LogP contribution in [0.1, 0.15) is 0 Å². The Morgan fingerprint density at radius 2 is 1.96 bits per heavy atom. The van der Waals surface area contributed by atoms with Gasteiger partial charge < -0.3 is 14.8 Å². The van der Waals surface area contributed by atoms with Crippen molar-refractivity contribution < 1.29 is 19.2 Å². The number of hydrogen-bond acceptors (Lipinski definition) is 6. The SMILES string of the molecule is COc1ccc(NC(=S)NC(=O)COc2ccc([N+](=O)[O-])cc2)cc1Br. The van der Waals surface area contributed by atoms with E-state index in [0.29, 0.717) is 17.2 Å². The van der Waals surface area contributed by atoms with Crippen LogP contribution >= 0.6 is 28.1 Å². The molecular weight excluding hydrogens is 426 g/mol. The fourth-order valence-corrected chi connectivity index (χ4v) is 2.65. The number of methoxy groups -OCH3 is 1. The zero-order valence-electron chi connectivity index (χ0n) is 13.5. The number of amides is 1. The van der Waals surface area contributed by atoms with Crippen LogP contribution in [0.5, 0.6) is 11.5 Å². The summed E-state index contributed by atoms with van der Waals surface area (Å²) in [5, 5.41) is 16.0. The van der Waals surface area contributed by atoms with E-state index in [4.69, 9.17) is 21.7 Å². The molecule has 2 aromatic carbocycles. The van der Waals surface area contributed by atoms with Gasteiger partial charge in [-0.2, -0.15) is 0 Å². The highest BCUT2D eigenvalue weighted by molar-refractivity contribution is 9.10. The molecule has 0 saturated heterocycles. The monoisotopic (exact) mass is 439 g/mol. The van der Waals surface area contributed by atoms with E-state index in [-0.39, 0.29) is 17.4 Å². The first-order chi connectivity index (χ1) is 12.4. The molecule has 0 saturated carbocycles. The number of benzene rings is 2. The van der Waals surface area contributed by atoms with Crippen LogP contribution in [0.3, 0.4) is 0 Å². The number of hydrogen-bond donors (Lipinski definition) is 2. The van der Waals surface area contributed by atoms with Gasteiger partial charge in [0, 0.05) is 17.8 Å². The van der Waals surface area contributed by atoms with Crippen LogP contribution < -0.4 is 20.1 Å². The van der Waals surface area contributed by atoms with Crippen LogP contribution in [0.15, 0.2) is 46.9 Å². The van der Waals surface area contributed by atoms with Gasteiger partial charge >= 0.3 is 0 Å². The molecule has 0 aliphatic heterocycles. The Bertz CT molecular complexity index is 829. The predicted molar refractivity (Wildman–Crippen MR) is 104 cm³/mol. The lowest BCUT2D eigenvalue weighted by Gasteiger charge is -2.11. The van der Waals surface area contributed by atoms with Gasteiger partial charge in [-0.25, -0.2) is 0 Å². The number of non-ortho nitro benzene ring substituents is 1. The van der Waals surface area contributed by atoms with Crippen molar-refractivity contribution in [1.82, 2.24) is 5.32 Å². The van der Waals surface area contributed by atoms with Gasteiger partial charge in [-0.1, -0.05) is 0 Å². The Balaban J connectivity index is 1.82. The van der Waals surface area contributed by atoms with Crippen molar-refractivity contribution in [2.24, 2.45) is 0 Å². The molecule has 8 nitrogen and oxygen atoms in total. The molecule has 0 fully saturated rings. The fraction of sp³-hybridized carbons (Fsp3) is 0.125. The maximum absolute atomic E-state index is 11.9. The van der Waals surface area contributed by atoms with Crippen molar-refractivity contribution in [3.8, 4) is 11.5 Å². The Kier molecular flexibility index (Phi) is 6.87. The highest BCUT2D eigenvalue weighted by atomic mass is 79.9. The Labute approximate surface area is 162 Å². The fourth-order valence-electron chi connectivity index (χ4n) is 1.88. The summed E-state index contributed by atoms with van der Waals surface area (Å²) >= 11 is 8.43. The van der Waals surface area contributed by atoms with Gasteiger partial charge in [-0.3, -0.25) is 20.2 Å². The van der Waals surface area contributed by atoms with E-state index in [0.717, 1.165) is 4.47 Å². The summed E-state index contributed by atoms with van der Waals surface area (Å²) in [5.41, 5.74) is 0.608. The normalized spacial score (nSPS) is 9.92. The number of nitro groups is 1. The molecule has 10 heteroatoms. The second-order valence-electron chi connectivity index (χ2n) is 4.89. The minimum Gasteiger partial charge on any atom is -0.496 e. The molecule has 2 rings (SSSR count). The first-order valence-electron chi connectivity index (χ1n) is 7.20. The minimum absolute atomic E-state index is 0.0576. The zero-order chi connectivity index (χ0) is 19.1. The zero-order valence-corrected chi connectivity index (χ0v) is 15.9. The summed E-state index contributed by atoms with van der Waals surface area (Å²) in [6, 6.07) is 10.7. The maximum Gasteiger partial charge on any atom is 0.269 e. The summed E-state index contributed by atoms with van der Waals surface area (Å²) in [6.45, 7) is -0.286. The van der Waals surface area contributed by atoms with Crippen molar-refractivity contribution in [1.29, 1.82) is 0 Å². The van der Waals surface area contributed by atoms with E-state index in [2.05, 4.69) is 26.6 Å². The molecular formula is C16H14BrN3O5S. The molecule has 0 aromatic heterocycles. The summed E-state index contributed by atoms with van der Waals surface area (Å²) < 4.78 is 11.1. The summed E-state index contributed by atoms with van der Waals surface area (Å²) in [7, 11) is 1.56. The van der Waals surface area contributed by atoms with Crippen LogP contribution in [0.4, 0.5) is 11.4 Å². The number of ether oxygens (including phenoxy) is 2. The van der Waals surface area contributed by atoms with Crippen molar-refractivity contribution in [3.63, 3.8) is 0 Å². The Morgan fingerprint density at radius 1 is 1.27 bits per heavy atom. The largest absolute Gasteiger partial charge is 0.496 e. The van der Waals surface area contributed by atoms with Gasteiger partial charge in [-0.05, 0) is 58.5 Å². The van der Waals surface area contributed by atoms with E-state index in [1.807, 2.05) is 0 Å². The number of anilines is 1. The summed E-state index contributed by atoms with van der Waals surface area (Å²) in [4.78, 5) is 21.9. The van der Waals surface area contributed by atoms with E-state index >= 15 is 0 Å². The minimum atomic E-state index is -0.516. The Morgan fingerprint density at radius 3 is 2.54 bits per heavy atom. The lowest BCUT2D eigenvalue weighted by molar-refractivity contribution is -0.384. The quantitative estimate of drug-likeness (QED) is 0.404. The van der Waals surface area contributed by atoms with Gasteiger partial charge in [-0.15, -0.1) is 0 Å². The number of halogens is 1. The summed E-state index contributed by atoms with van der Waals surface area (Å²) in [5.74, 6) is 0.541. The van der Waals surface area contributed by atoms with Crippen molar-refractivity contribution in [3.05, 3.63) is 57.1 Å². The molecule has 0 spiro atoms. The molecule has 136 valence electrons. The number of nitro benzene ring substituents is 1. The van der Waals surface area contributed by atoms with Gasteiger partial charge in [0.25, 0.3) is 11.6 Å². The molecule has 0 radical (unpaired) electrons. The molecule has 0 unspecified atom stereocenters. The molecule has 0 bridgehead atoms. The lowest BCUT2D eigenvalue weighted by atomic mass is 10.3. The third kappa shape index (κ3) is 5.67. The lowest BCUT2D eigenvalue weighted by Crippen LogP contribution is -2.37. The van der Waals surface area contributed by atoms with Crippen LogP contribution in [-0.4, -0.2) is 29.7 Å².